The lowest BCUT2D eigenvalue weighted by atomic mass is 10.0. The molecule has 0 N–H and O–H groups in total. The van der Waals surface area contributed by atoms with Gasteiger partial charge in [0.2, 0.25) is 0 Å². The molecule has 3 atom stereocenters. The van der Waals surface area contributed by atoms with Gasteiger partial charge in [-0.1, -0.05) is 78.8 Å². The molecule has 2 aromatic carbocycles. The highest BCUT2D eigenvalue weighted by atomic mass is 35.5. The van der Waals surface area contributed by atoms with Gasteiger partial charge in [-0.15, -0.1) is 0 Å². The molecule has 240 valence electrons. The Labute approximate surface area is 282 Å². The summed E-state index contributed by atoms with van der Waals surface area (Å²) < 4.78 is 26.4. The number of methoxy groups -OCH3 is 1. The van der Waals surface area contributed by atoms with Crippen LogP contribution in [0.1, 0.15) is 57.1 Å². The van der Waals surface area contributed by atoms with Gasteiger partial charge in [0, 0.05) is 38.5 Å². The Bertz CT molecular complexity index is 1590. The predicted octanol–water partition coefficient (Wildman–Crippen LogP) is 8.75. The van der Waals surface area contributed by atoms with Crippen molar-refractivity contribution in [2.24, 2.45) is 0 Å². The zero-order valence-corrected chi connectivity index (χ0v) is 30.0. The minimum atomic E-state index is -1.97. The van der Waals surface area contributed by atoms with Crippen LogP contribution in [-0.2, 0) is 20.6 Å². The van der Waals surface area contributed by atoms with E-state index >= 15 is 0 Å². The second-order valence-corrected chi connectivity index (χ2v) is 19.0. The third-order valence-electron chi connectivity index (χ3n) is 8.15. The van der Waals surface area contributed by atoms with Crippen molar-refractivity contribution < 1.29 is 18.6 Å². The summed E-state index contributed by atoms with van der Waals surface area (Å²) in [4.78, 5) is 26.6. The molecule has 0 amide bonds. The van der Waals surface area contributed by atoms with Crippen molar-refractivity contribution >= 4 is 66.3 Å². The molecule has 4 rings (SSSR count). The molecule has 0 saturated carbocycles. The van der Waals surface area contributed by atoms with E-state index in [0.29, 0.717) is 41.3 Å². The van der Waals surface area contributed by atoms with Crippen molar-refractivity contribution in [3.63, 3.8) is 0 Å². The SMILES string of the molecule is COc1cc(Cl)c([C@@H](OCn2c(=O)ccn([C@H]3CC[C@@H](CO[Si](C)(C)C(C)(C)C)O3)c2=O)c2c(Cl)cc(Cl)cc2Cl)c(Cl)c1. The number of ether oxygens (including phenoxy) is 3. The predicted molar refractivity (Wildman–Crippen MR) is 179 cm³/mol. The largest absolute Gasteiger partial charge is 0.497 e. The van der Waals surface area contributed by atoms with Crippen molar-refractivity contribution in [3.05, 3.63) is 93.6 Å². The third-order valence-corrected chi connectivity index (χ3v) is 14.1. The Morgan fingerprint density at radius 3 is 2.07 bits per heavy atom. The second kappa shape index (κ2) is 14.1. The molecular weight excluding hydrogens is 690 g/mol. The highest BCUT2D eigenvalue weighted by molar-refractivity contribution is 6.74. The molecule has 0 unspecified atom stereocenters. The minimum Gasteiger partial charge on any atom is -0.497 e. The van der Waals surface area contributed by atoms with Gasteiger partial charge in [0.15, 0.2) is 8.32 Å². The van der Waals surface area contributed by atoms with Gasteiger partial charge in [-0.2, -0.15) is 0 Å². The van der Waals surface area contributed by atoms with Crippen LogP contribution in [0.5, 0.6) is 5.75 Å². The monoisotopic (exact) mass is 722 g/mol. The molecule has 0 aliphatic carbocycles. The average molecular weight is 725 g/mol. The summed E-state index contributed by atoms with van der Waals surface area (Å²) >= 11 is 32.6. The van der Waals surface area contributed by atoms with E-state index in [-0.39, 0.29) is 31.2 Å². The molecule has 1 fully saturated rings. The first-order valence-electron chi connectivity index (χ1n) is 13.9. The lowest BCUT2D eigenvalue weighted by Gasteiger charge is -2.36. The fourth-order valence-electron chi connectivity index (χ4n) is 4.59. The molecule has 3 aromatic rings. The van der Waals surface area contributed by atoms with E-state index in [9.17, 15) is 9.59 Å². The summed E-state index contributed by atoms with van der Waals surface area (Å²) in [5.74, 6) is 0.419. The Morgan fingerprint density at radius 1 is 0.955 bits per heavy atom. The summed E-state index contributed by atoms with van der Waals surface area (Å²) in [6.07, 6.45) is 0.910. The van der Waals surface area contributed by atoms with E-state index in [1.807, 2.05) is 0 Å². The first-order valence-corrected chi connectivity index (χ1v) is 18.7. The Balaban J connectivity index is 1.63. The highest BCUT2D eigenvalue weighted by Gasteiger charge is 2.39. The summed E-state index contributed by atoms with van der Waals surface area (Å²) in [5, 5.41) is 1.13. The van der Waals surface area contributed by atoms with Crippen LogP contribution in [-0.4, -0.2) is 37.3 Å². The Morgan fingerprint density at radius 2 is 1.52 bits per heavy atom. The summed E-state index contributed by atoms with van der Waals surface area (Å²) in [6.45, 7) is 10.9. The Kier molecular flexibility index (Phi) is 11.3. The number of hydrogen-bond acceptors (Lipinski definition) is 6. The van der Waals surface area contributed by atoms with Crippen LogP contribution < -0.4 is 16.0 Å². The molecule has 0 radical (unpaired) electrons. The highest BCUT2D eigenvalue weighted by Crippen LogP contribution is 2.44. The van der Waals surface area contributed by atoms with Gasteiger partial charge < -0.3 is 18.6 Å². The van der Waals surface area contributed by atoms with Gasteiger partial charge in [0.25, 0.3) is 5.56 Å². The quantitative estimate of drug-likeness (QED) is 0.195. The number of aromatic nitrogens is 2. The zero-order chi connectivity index (χ0) is 32.6. The van der Waals surface area contributed by atoms with E-state index < -0.39 is 38.6 Å². The van der Waals surface area contributed by atoms with E-state index in [4.69, 9.17) is 76.6 Å². The van der Waals surface area contributed by atoms with Gasteiger partial charge in [-0.25, -0.2) is 9.36 Å². The summed E-state index contributed by atoms with van der Waals surface area (Å²) in [7, 11) is -0.487. The first-order chi connectivity index (χ1) is 20.5. The maximum Gasteiger partial charge on any atom is 0.335 e. The van der Waals surface area contributed by atoms with Gasteiger partial charge in [0.05, 0.1) is 29.9 Å². The van der Waals surface area contributed by atoms with Crippen LogP contribution >= 0.6 is 58.0 Å². The number of nitrogens with zero attached hydrogens (tertiary/aromatic N) is 2. The van der Waals surface area contributed by atoms with Gasteiger partial charge in [-0.3, -0.25) is 9.36 Å². The summed E-state index contributed by atoms with van der Waals surface area (Å²) in [6, 6.07) is 7.40. The average Bonchev–Trinajstić information content (AvgIpc) is 3.38. The zero-order valence-electron chi connectivity index (χ0n) is 25.3. The van der Waals surface area contributed by atoms with Crippen molar-refractivity contribution in [2.45, 2.75) is 76.9 Å². The van der Waals surface area contributed by atoms with Gasteiger partial charge >= 0.3 is 5.69 Å². The van der Waals surface area contributed by atoms with E-state index in [0.717, 1.165) is 4.57 Å². The molecular formula is C30H35Cl5N2O6Si. The molecule has 2 heterocycles. The number of halogens is 5. The van der Waals surface area contributed by atoms with Crippen LogP contribution in [0.4, 0.5) is 0 Å². The molecule has 1 aromatic heterocycles. The van der Waals surface area contributed by atoms with Crippen LogP contribution in [0.15, 0.2) is 46.1 Å². The molecule has 8 nitrogen and oxygen atoms in total. The lowest BCUT2D eigenvalue weighted by Crippen LogP contribution is -2.43. The van der Waals surface area contributed by atoms with Crippen LogP contribution in [0, 0.1) is 0 Å². The molecule has 1 aliphatic rings. The topological polar surface area (TPSA) is 80.9 Å². The first kappa shape index (κ1) is 35.3. The van der Waals surface area contributed by atoms with Crippen LogP contribution in [0.25, 0.3) is 0 Å². The van der Waals surface area contributed by atoms with Crippen molar-refractivity contribution in [1.29, 1.82) is 0 Å². The fourth-order valence-corrected chi connectivity index (χ4v) is 7.31. The molecule has 1 aliphatic heterocycles. The van der Waals surface area contributed by atoms with E-state index in [2.05, 4.69) is 33.9 Å². The maximum absolute atomic E-state index is 13.6. The number of hydrogen-bond donors (Lipinski definition) is 0. The van der Waals surface area contributed by atoms with E-state index in [1.54, 1.807) is 12.1 Å². The normalized spacial score (nSPS) is 18.1. The van der Waals surface area contributed by atoms with Crippen molar-refractivity contribution in [2.75, 3.05) is 13.7 Å². The number of benzene rings is 2. The van der Waals surface area contributed by atoms with Gasteiger partial charge in [-0.05, 0) is 55.2 Å². The molecule has 14 heteroatoms. The fraction of sp³-hybridized carbons (Fsp3) is 0.467. The van der Waals surface area contributed by atoms with Crippen LogP contribution in [0.2, 0.25) is 43.2 Å². The van der Waals surface area contributed by atoms with E-state index in [1.165, 1.54) is 36.1 Å². The smallest absolute Gasteiger partial charge is 0.335 e. The molecule has 1 saturated heterocycles. The molecule has 0 spiro atoms. The summed E-state index contributed by atoms with van der Waals surface area (Å²) in [5.41, 5.74) is -0.554. The standard InChI is InChI=1S/C30H35Cl5N2O6Si/c1-30(2,3)44(5,6)42-15-18-7-8-25(43-18)36-10-9-24(38)37(29(36)39)16-41-28(26-20(32)11-17(31)12-21(26)33)27-22(34)13-19(40-4)14-23(27)35/h9-14,18,25,28H,7-8,15-16H2,1-6H3/t18-,25+,28-/m0/s1. The number of rotatable bonds is 10. The Hall–Kier alpha value is -1.53. The van der Waals surface area contributed by atoms with Crippen molar-refractivity contribution in [3.8, 4) is 5.75 Å². The maximum atomic E-state index is 13.6. The lowest BCUT2D eigenvalue weighted by molar-refractivity contribution is -0.0255. The van der Waals surface area contributed by atoms with Crippen molar-refractivity contribution in [1.82, 2.24) is 9.13 Å². The van der Waals surface area contributed by atoms with Crippen LogP contribution in [0.3, 0.4) is 0 Å². The minimum absolute atomic E-state index is 0.0655. The molecule has 0 bridgehead atoms. The van der Waals surface area contributed by atoms with Gasteiger partial charge in [0.1, 0.15) is 24.8 Å². The third kappa shape index (κ3) is 7.70. The second-order valence-electron chi connectivity index (χ2n) is 12.1. The molecule has 44 heavy (non-hydrogen) atoms.